The van der Waals surface area contributed by atoms with Crippen LogP contribution >= 0.6 is 0 Å². The third kappa shape index (κ3) is 4.33. The number of rotatable bonds is 6. The molecule has 3 heteroatoms. The first-order chi connectivity index (χ1) is 7.13. The number of likely N-dealkylation sites (N-methyl/N-ethyl adjacent to an activating group) is 2. The van der Waals surface area contributed by atoms with Gasteiger partial charge in [-0.05, 0) is 46.1 Å². The summed E-state index contributed by atoms with van der Waals surface area (Å²) < 4.78 is 0. The molecule has 1 saturated heterocycles. The van der Waals surface area contributed by atoms with Crippen molar-refractivity contribution >= 4 is 0 Å². The molecule has 1 aliphatic rings. The summed E-state index contributed by atoms with van der Waals surface area (Å²) in [7, 11) is 6.28. The monoisotopic (exact) mass is 211 g/mol. The number of likely N-dealkylation sites (tertiary alicyclic amines) is 1. The van der Waals surface area contributed by atoms with Gasteiger partial charge in [-0.2, -0.15) is 0 Å². The number of hydrogen-bond acceptors (Lipinski definition) is 3. The van der Waals surface area contributed by atoms with Crippen LogP contribution < -0.4 is 5.32 Å². The molecule has 0 aromatic carbocycles. The van der Waals surface area contributed by atoms with E-state index in [-0.39, 0.29) is 0 Å². The van der Waals surface area contributed by atoms with Crippen LogP contribution in [0.4, 0.5) is 0 Å². The van der Waals surface area contributed by atoms with Gasteiger partial charge in [0.1, 0.15) is 0 Å². The van der Waals surface area contributed by atoms with Crippen LogP contribution in [0, 0.1) is 0 Å². The van der Waals surface area contributed by atoms with Crippen LogP contribution in [0.2, 0.25) is 0 Å². The topological polar surface area (TPSA) is 18.5 Å². The van der Waals surface area contributed by atoms with Crippen LogP contribution in [0.25, 0.3) is 0 Å². The maximum Gasteiger partial charge on any atom is 0.0226 e. The van der Waals surface area contributed by atoms with E-state index < -0.39 is 0 Å². The van der Waals surface area contributed by atoms with Crippen LogP contribution in [0.5, 0.6) is 0 Å². The molecule has 1 aliphatic heterocycles. The number of nitrogens with zero attached hydrogens (tertiary/aromatic N) is 2. The molecule has 0 saturated carbocycles. The second kappa shape index (κ2) is 6.26. The molecule has 1 heterocycles. The highest BCUT2D eigenvalue weighted by Crippen LogP contribution is 2.18. The van der Waals surface area contributed by atoms with Crippen LogP contribution in [-0.2, 0) is 0 Å². The molecular weight excluding hydrogens is 186 g/mol. The smallest absolute Gasteiger partial charge is 0.0226 e. The zero-order valence-electron chi connectivity index (χ0n) is 10.4. The van der Waals surface area contributed by atoms with Gasteiger partial charge in [-0.25, -0.2) is 0 Å². The summed E-state index contributed by atoms with van der Waals surface area (Å²) in [6, 6.07) is 0.730. The van der Waals surface area contributed by atoms with Crippen LogP contribution in [0.1, 0.15) is 12.8 Å². The first-order valence-electron chi connectivity index (χ1n) is 5.83. The Morgan fingerprint density at radius 3 is 2.87 bits per heavy atom. The fourth-order valence-corrected chi connectivity index (χ4v) is 2.32. The van der Waals surface area contributed by atoms with Gasteiger partial charge in [0.05, 0.1) is 0 Å². The molecule has 0 amide bonds. The highest BCUT2D eigenvalue weighted by molar-refractivity contribution is 5.01. The third-order valence-corrected chi connectivity index (χ3v) is 2.93. The Labute approximate surface area is 94.1 Å². The molecule has 3 nitrogen and oxygen atoms in total. The fraction of sp³-hybridized carbons (Fsp3) is 0.833. The molecule has 0 bridgehead atoms. The minimum Gasteiger partial charge on any atom is -0.316 e. The molecule has 88 valence electrons. The van der Waals surface area contributed by atoms with Gasteiger partial charge in [0.15, 0.2) is 0 Å². The van der Waals surface area contributed by atoms with E-state index in [9.17, 15) is 0 Å². The molecular formula is C12H25N3. The first-order valence-corrected chi connectivity index (χ1v) is 5.83. The lowest BCUT2D eigenvalue weighted by Gasteiger charge is -2.27. The standard InChI is InChI=1S/C12H25N3/c1-11(8-13-2)9-15-7-5-6-12(15)10-14(3)4/h12-13H,1,5-10H2,2-4H3. The SMILES string of the molecule is C=C(CNC)CN1CCCC1CN(C)C. The predicted molar refractivity (Wildman–Crippen MR) is 66.2 cm³/mol. The summed E-state index contributed by atoms with van der Waals surface area (Å²) in [4.78, 5) is 4.85. The van der Waals surface area contributed by atoms with Crippen molar-refractivity contribution < 1.29 is 0 Å². The van der Waals surface area contributed by atoms with Crippen molar-refractivity contribution in [2.24, 2.45) is 0 Å². The summed E-state index contributed by atoms with van der Waals surface area (Å²) in [5.41, 5.74) is 1.29. The Bertz CT molecular complexity index is 201. The molecule has 0 aromatic rings. The number of nitrogens with one attached hydrogen (secondary N) is 1. The van der Waals surface area contributed by atoms with Crippen molar-refractivity contribution in [3.63, 3.8) is 0 Å². The van der Waals surface area contributed by atoms with Crippen molar-refractivity contribution in [2.45, 2.75) is 18.9 Å². The van der Waals surface area contributed by atoms with E-state index in [0.717, 1.165) is 19.1 Å². The highest BCUT2D eigenvalue weighted by atomic mass is 15.2. The maximum absolute atomic E-state index is 4.10. The van der Waals surface area contributed by atoms with Crippen molar-refractivity contribution in [1.29, 1.82) is 0 Å². The fourth-order valence-electron chi connectivity index (χ4n) is 2.32. The van der Waals surface area contributed by atoms with Gasteiger partial charge in [-0.15, -0.1) is 0 Å². The van der Waals surface area contributed by atoms with E-state index in [2.05, 4.69) is 35.8 Å². The molecule has 1 N–H and O–H groups in total. The van der Waals surface area contributed by atoms with E-state index in [1.165, 1.54) is 31.5 Å². The Morgan fingerprint density at radius 1 is 1.53 bits per heavy atom. The molecule has 0 spiro atoms. The van der Waals surface area contributed by atoms with E-state index in [4.69, 9.17) is 0 Å². The van der Waals surface area contributed by atoms with Gasteiger partial charge in [0, 0.05) is 25.7 Å². The molecule has 15 heavy (non-hydrogen) atoms. The summed E-state index contributed by atoms with van der Waals surface area (Å²) in [6.45, 7) is 8.51. The summed E-state index contributed by atoms with van der Waals surface area (Å²) in [5, 5.41) is 3.16. The first kappa shape index (κ1) is 12.7. The quantitative estimate of drug-likeness (QED) is 0.655. The average molecular weight is 211 g/mol. The van der Waals surface area contributed by atoms with Crippen LogP contribution in [0.3, 0.4) is 0 Å². The van der Waals surface area contributed by atoms with Gasteiger partial charge >= 0.3 is 0 Å². The molecule has 1 atom stereocenters. The van der Waals surface area contributed by atoms with Gasteiger partial charge in [0.2, 0.25) is 0 Å². The summed E-state index contributed by atoms with van der Waals surface area (Å²) in [6.07, 6.45) is 2.68. The lowest BCUT2D eigenvalue weighted by atomic mass is 10.2. The van der Waals surface area contributed by atoms with E-state index in [0.29, 0.717) is 0 Å². The minimum atomic E-state index is 0.730. The van der Waals surface area contributed by atoms with Gasteiger partial charge in [-0.3, -0.25) is 4.90 Å². The second-order valence-electron chi connectivity index (χ2n) is 4.81. The van der Waals surface area contributed by atoms with E-state index in [1.54, 1.807) is 0 Å². The van der Waals surface area contributed by atoms with Crippen molar-refractivity contribution in [2.75, 3.05) is 47.3 Å². The van der Waals surface area contributed by atoms with Gasteiger partial charge < -0.3 is 10.2 Å². The third-order valence-electron chi connectivity index (χ3n) is 2.93. The average Bonchev–Trinajstić information content (AvgIpc) is 2.52. The second-order valence-corrected chi connectivity index (χ2v) is 4.81. The Kier molecular flexibility index (Phi) is 5.29. The summed E-state index contributed by atoms with van der Waals surface area (Å²) >= 11 is 0. The molecule has 0 radical (unpaired) electrons. The van der Waals surface area contributed by atoms with Crippen LogP contribution in [0.15, 0.2) is 12.2 Å². The molecule has 0 aromatic heterocycles. The van der Waals surface area contributed by atoms with E-state index >= 15 is 0 Å². The maximum atomic E-state index is 4.10. The lowest BCUT2D eigenvalue weighted by molar-refractivity contribution is 0.221. The van der Waals surface area contributed by atoms with Crippen molar-refractivity contribution in [1.82, 2.24) is 15.1 Å². The zero-order valence-corrected chi connectivity index (χ0v) is 10.4. The van der Waals surface area contributed by atoms with Crippen LogP contribution in [-0.4, -0.2) is 63.2 Å². The largest absolute Gasteiger partial charge is 0.316 e. The molecule has 1 fully saturated rings. The number of hydrogen-bond donors (Lipinski definition) is 1. The Morgan fingerprint density at radius 2 is 2.27 bits per heavy atom. The normalized spacial score (nSPS) is 22.5. The predicted octanol–water partition coefficient (Wildman–Crippen LogP) is 0.788. The molecule has 1 unspecified atom stereocenters. The Balaban J connectivity index is 2.35. The minimum absolute atomic E-state index is 0.730. The highest BCUT2D eigenvalue weighted by Gasteiger charge is 2.24. The summed E-state index contributed by atoms with van der Waals surface area (Å²) in [5.74, 6) is 0. The zero-order chi connectivity index (χ0) is 11.3. The van der Waals surface area contributed by atoms with E-state index in [1.807, 2.05) is 7.05 Å². The molecule has 1 rings (SSSR count). The van der Waals surface area contributed by atoms with Crippen molar-refractivity contribution in [3.8, 4) is 0 Å². The van der Waals surface area contributed by atoms with Gasteiger partial charge in [0.25, 0.3) is 0 Å². The Hall–Kier alpha value is -0.380. The van der Waals surface area contributed by atoms with Gasteiger partial charge in [-0.1, -0.05) is 6.58 Å². The van der Waals surface area contributed by atoms with Crippen molar-refractivity contribution in [3.05, 3.63) is 12.2 Å². The lowest BCUT2D eigenvalue weighted by Crippen LogP contribution is -2.39. The molecule has 0 aliphatic carbocycles.